The van der Waals surface area contributed by atoms with Crippen LogP contribution in [0.3, 0.4) is 0 Å². The topological polar surface area (TPSA) is 145 Å². The Labute approximate surface area is 227 Å². The summed E-state index contributed by atoms with van der Waals surface area (Å²) < 4.78 is 40.4. The third-order valence-corrected chi connectivity index (χ3v) is 6.95. The largest absolute Gasteiger partial charge is 0.493 e. The van der Waals surface area contributed by atoms with Crippen LogP contribution < -0.4 is 19.1 Å². The molecule has 1 N–H and O–H groups in total. The molecule has 11 nitrogen and oxygen atoms in total. The number of carbonyl (C=O) groups excluding carboxylic acids is 4. The number of urea groups is 1. The van der Waals surface area contributed by atoms with E-state index in [1.165, 1.54) is 87.0 Å². The van der Waals surface area contributed by atoms with Crippen molar-refractivity contribution < 1.29 is 41.3 Å². The molecule has 1 saturated heterocycles. The number of imide groups is 2. The van der Waals surface area contributed by atoms with E-state index in [0.717, 1.165) is 4.90 Å². The van der Waals surface area contributed by atoms with Gasteiger partial charge >= 0.3 is 22.1 Å². The maximum absolute atomic E-state index is 13.2. The summed E-state index contributed by atoms with van der Waals surface area (Å²) in [5, 5.41) is 2.44. The van der Waals surface area contributed by atoms with E-state index in [2.05, 4.69) is 10.1 Å². The number of anilines is 1. The summed E-state index contributed by atoms with van der Waals surface area (Å²) in [7, 11) is -1.72. The molecule has 0 radical (unpaired) electrons. The summed E-state index contributed by atoms with van der Waals surface area (Å²) in [5.41, 5.74) is 0.204. The van der Waals surface area contributed by atoms with Crippen LogP contribution in [0.5, 0.6) is 11.5 Å². The van der Waals surface area contributed by atoms with Crippen LogP contribution in [0.1, 0.15) is 15.9 Å². The van der Waals surface area contributed by atoms with Crippen LogP contribution in [0, 0.1) is 0 Å². The van der Waals surface area contributed by atoms with Crippen molar-refractivity contribution >= 4 is 57.3 Å². The number of carbonyl (C=O) groups is 4. The number of methoxy groups -OCH3 is 2. The van der Waals surface area contributed by atoms with Gasteiger partial charge in [0.2, 0.25) is 0 Å². The van der Waals surface area contributed by atoms with E-state index in [1.807, 2.05) is 0 Å². The minimum atomic E-state index is -4.22. The van der Waals surface area contributed by atoms with Crippen molar-refractivity contribution in [3.63, 3.8) is 0 Å². The van der Waals surface area contributed by atoms with Gasteiger partial charge in [-0.15, -0.1) is 0 Å². The summed E-state index contributed by atoms with van der Waals surface area (Å²) >= 11 is 5.81. The fraction of sp³-hybridized carbons (Fsp3) is 0.0769. The summed E-state index contributed by atoms with van der Waals surface area (Å²) in [4.78, 5) is 50.4. The number of hydrogen-bond acceptors (Lipinski definition) is 9. The molecule has 0 atom stereocenters. The fourth-order valence-electron chi connectivity index (χ4n) is 3.53. The van der Waals surface area contributed by atoms with Crippen LogP contribution in [0.2, 0.25) is 5.02 Å². The number of ether oxygens (including phenoxy) is 2. The zero-order chi connectivity index (χ0) is 28.3. The first-order valence-corrected chi connectivity index (χ1v) is 12.8. The van der Waals surface area contributed by atoms with E-state index in [4.69, 9.17) is 20.5 Å². The van der Waals surface area contributed by atoms with Crippen molar-refractivity contribution in [1.82, 2.24) is 5.32 Å². The van der Waals surface area contributed by atoms with Gasteiger partial charge in [0.05, 0.1) is 25.5 Å². The molecule has 1 aliphatic rings. The molecular weight excluding hydrogens is 552 g/mol. The smallest absolute Gasteiger partial charge is 0.339 e. The van der Waals surface area contributed by atoms with Gasteiger partial charge in [-0.05, 0) is 72.3 Å². The molecule has 39 heavy (non-hydrogen) atoms. The molecule has 0 bridgehead atoms. The first-order valence-electron chi connectivity index (χ1n) is 11.0. The van der Waals surface area contributed by atoms with Crippen LogP contribution in [-0.4, -0.2) is 46.5 Å². The Balaban J connectivity index is 1.63. The number of rotatable bonds is 7. The van der Waals surface area contributed by atoms with Crippen LogP contribution in [0.25, 0.3) is 6.08 Å². The van der Waals surface area contributed by atoms with Gasteiger partial charge in [-0.2, -0.15) is 8.42 Å². The number of nitrogens with one attached hydrogen (secondary N) is 1. The zero-order valence-electron chi connectivity index (χ0n) is 20.3. The van der Waals surface area contributed by atoms with E-state index in [0.29, 0.717) is 5.02 Å². The Kier molecular flexibility index (Phi) is 7.70. The van der Waals surface area contributed by atoms with Crippen molar-refractivity contribution in [2.75, 3.05) is 19.1 Å². The molecule has 3 aromatic carbocycles. The Morgan fingerprint density at radius 1 is 0.923 bits per heavy atom. The molecule has 200 valence electrons. The fourth-order valence-corrected chi connectivity index (χ4v) is 4.60. The van der Waals surface area contributed by atoms with Gasteiger partial charge in [0.15, 0.2) is 11.5 Å². The minimum absolute atomic E-state index is 0.00288. The average Bonchev–Trinajstić information content (AvgIpc) is 2.91. The lowest BCUT2D eigenvalue weighted by Crippen LogP contribution is -2.54. The van der Waals surface area contributed by atoms with Crippen LogP contribution in [0.15, 0.2) is 77.2 Å². The summed E-state index contributed by atoms with van der Waals surface area (Å²) in [6.45, 7) is 0. The van der Waals surface area contributed by atoms with Gasteiger partial charge < -0.3 is 13.7 Å². The van der Waals surface area contributed by atoms with Crippen LogP contribution in [-0.2, 0) is 24.4 Å². The van der Waals surface area contributed by atoms with Gasteiger partial charge in [0.25, 0.3) is 11.8 Å². The van der Waals surface area contributed by atoms with Crippen LogP contribution in [0.4, 0.5) is 10.5 Å². The number of hydrogen-bond donors (Lipinski definition) is 1. The predicted octanol–water partition coefficient (Wildman–Crippen LogP) is 3.57. The van der Waals surface area contributed by atoms with E-state index in [-0.39, 0.29) is 38.8 Å². The number of barbiturate groups is 1. The second-order valence-electron chi connectivity index (χ2n) is 7.90. The van der Waals surface area contributed by atoms with Crippen LogP contribution >= 0.6 is 11.6 Å². The molecule has 0 unspecified atom stereocenters. The molecule has 0 saturated carbocycles. The molecule has 0 aliphatic carbocycles. The Hall–Kier alpha value is -4.68. The van der Waals surface area contributed by atoms with Gasteiger partial charge in [-0.3, -0.25) is 14.9 Å². The van der Waals surface area contributed by atoms with Crippen molar-refractivity contribution in [3.8, 4) is 11.5 Å². The second-order valence-corrected chi connectivity index (χ2v) is 9.88. The molecule has 4 amide bonds. The standard InChI is InChI=1S/C26H19ClN2O9S/c1-36-22-14-15(3-12-21(22)38-39(34,35)19-10-6-17(27)7-11-19)13-20-23(30)28-26(33)29(24(20)31)18-8-4-16(5-9-18)25(32)37-2/h3-14H,1-2H3,(H,28,30,33)/b20-13+. The van der Waals surface area contributed by atoms with Crippen molar-refractivity contribution in [1.29, 1.82) is 0 Å². The predicted molar refractivity (Wildman–Crippen MR) is 139 cm³/mol. The van der Waals surface area contributed by atoms with E-state index < -0.39 is 33.9 Å². The Bertz CT molecular complexity index is 1620. The molecule has 0 aromatic heterocycles. The monoisotopic (exact) mass is 570 g/mol. The maximum atomic E-state index is 13.2. The van der Waals surface area contributed by atoms with Crippen molar-refractivity contribution in [2.24, 2.45) is 0 Å². The van der Waals surface area contributed by atoms with Gasteiger partial charge in [0, 0.05) is 5.02 Å². The van der Waals surface area contributed by atoms with Gasteiger partial charge in [0.1, 0.15) is 10.5 Å². The summed E-state index contributed by atoms with van der Waals surface area (Å²) in [6.07, 6.45) is 1.21. The first kappa shape index (κ1) is 27.4. The number of esters is 1. The molecule has 4 rings (SSSR count). The molecule has 0 spiro atoms. The SMILES string of the molecule is COC(=O)c1ccc(N2C(=O)NC(=O)/C(=C\c3ccc(OS(=O)(=O)c4ccc(Cl)cc4)c(OC)c3)C2=O)cc1. The van der Waals surface area contributed by atoms with Crippen molar-refractivity contribution in [3.05, 3.63) is 88.5 Å². The highest BCUT2D eigenvalue weighted by atomic mass is 35.5. The third kappa shape index (κ3) is 5.76. The zero-order valence-corrected chi connectivity index (χ0v) is 21.9. The molecule has 1 aliphatic heterocycles. The Morgan fingerprint density at radius 2 is 1.59 bits per heavy atom. The summed E-state index contributed by atoms with van der Waals surface area (Å²) in [5.74, 6) is -2.60. The van der Waals surface area contributed by atoms with E-state index in [9.17, 15) is 27.6 Å². The molecule has 1 fully saturated rings. The van der Waals surface area contributed by atoms with Gasteiger partial charge in [-0.1, -0.05) is 17.7 Å². The lowest BCUT2D eigenvalue weighted by molar-refractivity contribution is -0.122. The molecule has 1 heterocycles. The lowest BCUT2D eigenvalue weighted by atomic mass is 10.1. The average molecular weight is 571 g/mol. The van der Waals surface area contributed by atoms with Gasteiger partial charge in [-0.25, -0.2) is 14.5 Å². The molecule has 3 aromatic rings. The number of benzene rings is 3. The van der Waals surface area contributed by atoms with Crippen molar-refractivity contribution in [2.45, 2.75) is 4.90 Å². The number of nitrogens with zero attached hydrogens (tertiary/aromatic N) is 1. The Morgan fingerprint density at radius 3 is 2.21 bits per heavy atom. The maximum Gasteiger partial charge on any atom is 0.339 e. The lowest BCUT2D eigenvalue weighted by Gasteiger charge is -2.26. The normalized spacial score (nSPS) is 14.7. The highest BCUT2D eigenvalue weighted by Crippen LogP contribution is 2.32. The molecular formula is C26H19ClN2O9S. The minimum Gasteiger partial charge on any atom is -0.493 e. The number of halogens is 1. The third-order valence-electron chi connectivity index (χ3n) is 5.45. The number of amides is 4. The first-order chi connectivity index (χ1) is 18.5. The highest BCUT2D eigenvalue weighted by molar-refractivity contribution is 7.87. The highest BCUT2D eigenvalue weighted by Gasteiger charge is 2.37. The second kappa shape index (κ2) is 11.0. The quantitative estimate of drug-likeness (QED) is 0.195. The summed E-state index contributed by atoms with van der Waals surface area (Å²) in [6, 6.07) is 13.9. The van der Waals surface area contributed by atoms with E-state index >= 15 is 0 Å². The van der Waals surface area contributed by atoms with E-state index in [1.54, 1.807) is 0 Å². The molecule has 13 heteroatoms.